The van der Waals surface area contributed by atoms with E-state index in [9.17, 15) is 85.1 Å². The van der Waals surface area contributed by atoms with E-state index >= 15 is 0 Å². The minimum absolute atomic E-state index is 0.00953. The van der Waals surface area contributed by atoms with Crippen LogP contribution in [0.3, 0.4) is 0 Å². The quantitative estimate of drug-likeness (QED) is 0.0697. The Kier molecular flexibility index (Phi) is 27.8. The summed E-state index contributed by atoms with van der Waals surface area (Å²) in [5, 5.41) is 28.5. The van der Waals surface area contributed by atoms with E-state index in [0.29, 0.717) is 187 Å². The summed E-state index contributed by atoms with van der Waals surface area (Å²) >= 11 is 0. The molecule has 0 atom stereocenters. The van der Waals surface area contributed by atoms with E-state index in [1.165, 1.54) is 40.7 Å². The van der Waals surface area contributed by atoms with Gasteiger partial charge in [-0.15, -0.1) is 0 Å². The maximum Gasteiger partial charge on any atom is 0.416 e. The zero-order chi connectivity index (χ0) is 90.2. The molecule has 125 heavy (non-hydrogen) atoms. The fraction of sp³-hybridized carbons (Fsp3) is 0.539. The van der Waals surface area contributed by atoms with Crippen molar-refractivity contribution in [3.63, 3.8) is 0 Å². The molecule has 16 rings (SSSR count). The minimum Gasteiger partial charge on any atom is -0.337 e. The number of likely N-dealkylation sites (tertiary alicyclic amines) is 4. The molecule has 4 aromatic heterocycles. The Balaban J connectivity index is 0.000000143. The topological polar surface area (TPSA) is 260 Å². The number of piperidine rings is 4. The van der Waals surface area contributed by atoms with Crippen LogP contribution in [0.2, 0.25) is 0 Å². The van der Waals surface area contributed by atoms with Gasteiger partial charge in [-0.3, -0.25) is 54.2 Å². The predicted molar refractivity (Wildman–Crippen MR) is 441 cm³/mol. The first-order valence-corrected chi connectivity index (χ1v) is 44.3. The monoisotopic (exact) mass is 1770 g/mol. The summed E-state index contributed by atoms with van der Waals surface area (Å²) in [4.78, 5) is 77.8. The molecule has 4 saturated heterocycles. The summed E-state index contributed by atoms with van der Waals surface area (Å²) < 4.78 is 187. The zero-order valence-electron chi connectivity index (χ0n) is 71.5. The van der Waals surface area contributed by atoms with Crippen LogP contribution in [-0.2, 0) is 91.9 Å². The predicted octanol–water partition coefficient (Wildman–Crippen LogP) is 17.1. The van der Waals surface area contributed by atoms with Crippen LogP contribution in [0, 0.1) is 17.8 Å². The summed E-state index contributed by atoms with van der Waals surface area (Å²) in [6.07, 6.45) is -13.3. The Hall–Kier alpha value is -9.94. The molecule has 0 radical (unpaired) electrons. The third kappa shape index (κ3) is 21.3. The van der Waals surface area contributed by atoms with Crippen LogP contribution < -0.4 is 0 Å². The van der Waals surface area contributed by atoms with Crippen molar-refractivity contribution in [1.29, 1.82) is 0 Å². The smallest absolute Gasteiger partial charge is 0.337 e. The number of fused-ring (bicyclic) bond motifs is 4. The van der Waals surface area contributed by atoms with E-state index in [0.717, 1.165) is 77.7 Å². The van der Waals surface area contributed by atoms with Crippen molar-refractivity contribution in [2.24, 2.45) is 17.8 Å². The van der Waals surface area contributed by atoms with Crippen molar-refractivity contribution in [2.45, 2.75) is 226 Å². The number of alkyl halides is 12. The summed E-state index contributed by atoms with van der Waals surface area (Å²) in [5.41, 5.74) is 6.89. The molecule has 0 saturated carbocycles. The number of H-pyrrole nitrogens is 4. The van der Waals surface area contributed by atoms with Crippen LogP contribution in [0.25, 0.3) is 0 Å². The Bertz CT molecular complexity index is 5280. The van der Waals surface area contributed by atoms with E-state index in [1.54, 1.807) is 60.9 Å². The van der Waals surface area contributed by atoms with Crippen LogP contribution in [0.15, 0.2) is 97.1 Å². The number of hydrogen-bond donors (Lipinski definition) is 4. The fourth-order valence-electron chi connectivity index (χ4n) is 18.4. The van der Waals surface area contributed by atoms with E-state index in [-0.39, 0.29) is 101 Å². The van der Waals surface area contributed by atoms with Gasteiger partial charge in [-0.05, 0) is 160 Å². The summed E-state index contributed by atoms with van der Waals surface area (Å²) in [5.74, 6) is -0.881. The van der Waals surface area contributed by atoms with Gasteiger partial charge in [0.2, 0.25) is 15.9 Å². The second-order valence-electron chi connectivity index (χ2n) is 36.1. The fourth-order valence-corrected chi connectivity index (χ4v) is 20.1. The van der Waals surface area contributed by atoms with Crippen molar-refractivity contribution >= 4 is 39.6 Å². The van der Waals surface area contributed by atoms with Gasteiger partial charge in [-0.2, -0.15) is 77.4 Å². The Morgan fingerprint density at radius 3 is 0.976 bits per heavy atom. The van der Waals surface area contributed by atoms with E-state index in [1.807, 2.05) is 27.7 Å². The molecule has 23 nitrogen and oxygen atoms in total. The number of aromatic amines is 4. The highest BCUT2D eigenvalue weighted by molar-refractivity contribution is 7.89. The normalized spacial score (nSPS) is 18.1. The first-order chi connectivity index (χ1) is 58.9. The number of sulfonamides is 1. The first kappa shape index (κ1) is 92.7. The van der Waals surface area contributed by atoms with Crippen LogP contribution in [0.1, 0.15) is 275 Å². The van der Waals surface area contributed by atoms with Crippen LogP contribution in [0.5, 0.6) is 0 Å². The molecule has 4 fully saturated rings. The van der Waals surface area contributed by atoms with Crippen LogP contribution in [0.4, 0.5) is 52.7 Å². The van der Waals surface area contributed by atoms with Crippen molar-refractivity contribution in [2.75, 3.05) is 64.7 Å². The lowest BCUT2D eigenvalue weighted by molar-refractivity contribution is -0.139. The van der Waals surface area contributed by atoms with E-state index < -0.39 is 57.0 Å². The molecule has 0 spiro atoms. The molecular formula is C89H108F12N16O7S. The van der Waals surface area contributed by atoms with Gasteiger partial charge in [0.25, 0.3) is 23.6 Å². The van der Waals surface area contributed by atoms with Gasteiger partial charge in [0.15, 0.2) is 22.8 Å². The number of hydrogen-bond acceptors (Lipinski definition) is 13. The molecule has 5 amide bonds. The highest BCUT2D eigenvalue weighted by atomic mass is 32.2. The minimum atomic E-state index is -4.42. The number of carbonyl (C=O) groups excluding carboxylic acids is 5. The van der Waals surface area contributed by atoms with Gasteiger partial charge >= 0.3 is 24.7 Å². The summed E-state index contributed by atoms with van der Waals surface area (Å²) in [7, 11) is -3.45. The van der Waals surface area contributed by atoms with Gasteiger partial charge in [-0.25, -0.2) is 8.42 Å². The van der Waals surface area contributed by atoms with E-state index in [2.05, 4.69) is 85.2 Å². The molecule has 8 aromatic rings. The number of carbonyl (C=O) groups is 5. The third-order valence-electron chi connectivity index (χ3n) is 24.8. The third-order valence-corrected chi connectivity index (χ3v) is 27.0. The number of rotatable bonds is 15. The second-order valence-corrected chi connectivity index (χ2v) is 38.1. The van der Waals surface area contributed by atoms with Crippen molar-refractivity contribution in [3.05, 3.63) is 209 Å². The average Bonchev–Trinajstić information content (AvgIpc) is 1.75. The molecule has 0 unspecified atom stereocenters. The van der Waals surface area contributed by atoms with Gasteiger partial charge < -0.3 is 24.5 Å². The highest BCUT2D eigenvalue weighted by Crippen LogP contribution is 2.45. The molecule has 676 valence electrons. The Morgan fingerprint density at radius 2 is 0.664 bits per heavy atom. The number of nitrogens with one attached hydrogen (secondary N) is 4. The van der Waals surface area contributed by atoms with Crippen molar-refractivity contribution in [1.82, 2.24) is 79.4 Å². The maximum atomic E-state index is 13.4. The SMILES string of the molecule is CC(C)(C)N1Cc2[nH]nc(C(=O)N3CCC(c4ccccc4C(F)(F)F)CC3)c2C1.CC(C)CC(=O)N1Cc2[nH]nc(C(=O)N3CCC(c4ccccc4C(F)(F)F)CC3)c2C1.CC(C)CN1Cc2[nH]nc(C(=O)N3CCC(c4ccccc4C(F)(F)F)CC3)c2C1.CC(C)CS(=O)(=O)N1Cc2[nH]nc(C(=O)N3CCC(c4ccccc4C(F)(F)F)CC3)c2C1. The molecular weight excluding hydrogens is 1670 g/mol. The molecule has 4 N–H and O–H groups in total. The second kappa shape index (κ2) is 37.5. The van der Waals surface area contributed by atoms with Crippen molar-refractivity contribution < 1.29 is 85.1 Å². The number of halogens is 12. The van der Waals surface area contributed by atoms with Gasteiger partial charge in [0.1, 0.15) is 0 Å². The molecule has 12 heterocycles. The number of nitrogens with zero attached hydrogens (tertiary/aromatic N) is 12. The van der Waals surface area contributed by atoms with Crippen molar-refractivity contribution in [3.8, 4) is 0 Å². The van der Waals surface area contributed by atoms with Gasteiger partial charge in [-0.1, -0.05) is 114 Å². The van der Waals surface area contributed by atoms with Crippen LogP contribution >= 0.6 is 0 Å². The number of amides is 5. The number of benzene rings is 4. The standard InChI is InChI=1S/C23H27F3N4O2.C22H27F3N4O3S.2C22H27F3N4O/c1-14(2)11-20(31)30-12-17-19(13-30)27-28-21(17)22(32)29-9-7-15(8-10-29)16-5-3-4-6-18(16)23(24,25)26;1-14(2)13-33(31,32)29-11-17-19(12-29)26-27-20(17)21(30)28-9-7-15(8-10-28)16-5-3-4-6-18(16)22(23,24)25;1-21(2,3)29-12-16-18(13-29)26-27-19(16)20(30)28-10-8-14(9-11-28)15-6-4-5-7-17(15)22(23,24)25;1-14(2)11-28-12-17-19(13-28)26-27-20(17)21(30)29-9-7-15(8-10-29)16-5-3-4-6-18(16)22(23,24)25/h3-6,14-15H,7-13H2,1-2H3,(H,27,28);3-6,14-15H,7-13H2,1-2H3,(H,26,27);4-7,14H,8-13H2,1-3H3,(H,26,27);3-6,14-15H,7-13H2,1-2H3,(H,26,27). The molecule has 8 aliphatic rings. The number of aromatic nitrogens is 8. The molecule has 4 aromatic carbocycles. The summed E-state index contributed by atoms with van der Waals surface area (Å²) in [6, 6.07) is 22.8. The largest absolute Gasteiger partial charge is 0.416 e. The zero-order valence-corrected chi connectivity index (χ0v) is 72.4. The molecule has 8 aliphatic heterocycles. The van der Waals surface area contributed by atoms with Gasteiger partial charge in [0.05, 0.1) is 70.4 Å². The lowest BCUT2D eigenvalue weighted by Gasteiger charge is -2.33. The lowest BCUT2D eigenvalue weighted by Crippen LogP contribution is -2.39. The Morgan fingerprint density at radius 1 is 0.368 bits per heavy atom. The maximum absolute atomic E-state index is 13.4. The molecule has 36 heteroatoms. The van der Waals surface area contributed by atoms with E-state index in [4.69, 9.17) is 0 Å². The van der Waals surface area contributed by atoms with Crippen LogP contribution in [-0.4, -0.2) is 188 Å². The molecule has 0 aliphatic carbocycles. The first-order valence-electron chi connectivity index (χ1n) is 42.7. The molecule has 0 bridgehead atoms. The summed E-state index contributed by atoms with van der Waals surface area (Å²) in [6.45, 7) is 26.3. The lowest BCUT2D eigenvalue weighted by atomic mass is 9.86. The highest BCUT2D eigenvalue weighted by Gasteiger charge is 2.45. The Labute approximate surface area is 718 Å². The van der Waals surface area contributed by atoms with Gasteiger partial charge in [0, 0.05) is 126 Å². The average molecular weight is 1770 g/mol.